The number of allylic oxidation sites excluding steroid dienone is 4. The first kappa shape index (κ1) is 22.3. The Morgan fingerprint density at radius 2 is 2.03 bits per heavy atom. The minimum atomic E-state index is -0.607. The number of rotatable bonds is 3. The summed E-state index contributed by atoms with van der Waals surface area (Å²) in [6.45, 7) is 3.29. The molecule has 2 aromatic rings. The van der Waals surface area contributed by atoms with Crippen LogP contribution in [-0.4, -0.2) is 45.4 Å². The third-order valence-corrected chi connectivity index (χ3v) is 8.27. The van der Waals surface area contributed by atoms with E-state index in [2.05, 4.69) is 20.9 Å². The van der Waals surface area contributed by atoms with Crippen LogP contribution in [0.1, 0.15) is 51.8 Å². The lowest BCUT2D eigenvalue weighted by Crippen LogP contribution is -2.51. The Morgan fingerprint density at radius 1 is 1.27 bits per heavy atom. The molecule has 1 spiro atoms. The number of piperidine rings is 1. The smallest absolute Gasteiger partial charge is 0.267 e. The molecule has 0 radical (unpaired) electrons. The van der Waals surface area contributed by atoms with Crippen LogP contribution in [0.5, 0.6) is 0 Å². The molecule has 5 rings (SSSR count). The Labute approximate surface area is 202 Å². The van der Waals surface area contributed by atoms with E-state index in [1.165, 1.54) is 5.56 Å². The van der Waals surface area contributed by atoms with E-state index < -0.39 is 11.3 Å². The first-order chi connectivity index (χ1) is 15.8. The average molecular weight is 485 g/mol. The van der Waals surface area contributed by atoms with Crippen LogP contribution >= 0.6 is 23.2 Å². The van der Waals surface area contributed by atoms with Crippen molar-refractivity contribution in [1.29, 1.82) is 0 Å². The molecule has 0 bridgehead atoms. The number of aryl methyl sites for hydroxylation is 1. The molecule has 7 nitrogen and oxygen atoms in total. The molecule has 1 fully saturated rings. The molecule has 1 aliphatic heterocycles. The van der Waals surface area contributed by atoms with Crippen LogP contribution in [0.15, 0.2) is 41.6 Å². The van der Waals surface area contributed by atoms with Gasteiger partial charge in [-0.3, -0.25) is 9.78 Å². The zero-order valence-corrected chi connectivity index (χ0v) is 19.9. The fourth-order valence-electron chi connectivity index (χ4n) is 5.54. The van der Waals surface area contributed by atoms with Crippen LogP contribution in [0.3, 0.4) is 0 Å². The monoisotopic (exact) mass is 484 g/mol. The van der Waals surface area contributed by atoms with Gasteiger partial charge in [-0.25, -0.2) is 9.97 Å². The molecule has 2 aliphatic carbocycles. The Bertz CT molecular complexity index is 1170. The largest absolute Gasteiger partial charge is 0.364 e. The zero-order chi connectivity index (χ0) is 23.3. The van der Waals surface area contributed by atoms with Crippen molar-refractivity contribution in [2.24, 2.45) is 11.5 Å². The standard InChI is InChI=1S/C24H26Cl2N6O/c1-13-18(15-5-2-6-16(25)19(15)26)20(22(28)33)31-23(30-13)32-10-7-24(8-11-32)17(27)12-14-4-3-9-29-21(14)24/h2-6,9,15,17,19H,7-8,10-12,27H2,1H3,(H2,28,33)/t15?,17-,19?/m1/s1. The number of carbonyl (C=O) groups excluding carboxylic acids is 1. The summed E-state index contributed by atoms with van der Waals surface area (Å²) in [5.74, 6) is -0.436. The molecule has 9 heteroatoms. The number of hydrogen-bond acceptors (Lipinski definition) is 6. The predicted octanol–water partition coefficient (Wildman–Crippen LogP) is 3.08. The molecular formula is C24H26Cl2N6O. The van der Waals surface area contributed by atoms with Gasteiger partial charge in [-0.05, 0) is 43.9 Å². The van der Waals surface area contributed by atoms with Gasteiger partial charge in [0.15, 0.2) is 0 Å². The molecule has 3 atom stereocenters. The number of fused-ring (bicyclic) bond motifs is 2. The molecule has 0 saturated carbocycles. The fourth-order valence-corrected chi connectivity index (χ4v) is 6.03. The average Bonchev–Trinajstić information content (AvgIpc) is 3.07. The van der Waals surface area contributed by atoms with Gasteiger partial charge < -0.3 is 16.4 Å². The maximum atomic E-state index is 12.4. The summed E-state index contributed by atoms with van der Waals surface area (Å²) in [5.41, 5.74) is 16.1. The lowest BCUT2D eigenvalue weighted by Gasteiger charge is -2.42. The molecule has 4 N–H and O–H groups in total. The number of primary amides is 1. The molecule has 172 valence electrons. The normalized spacial score (nSPS) is 25.8. The number of nitrogens with zero attached hydrogens (tertiary/aromatic N) is 4. The number of anilines is 1. The van der Waals surface area contributed by atoms with E-state index in [0.717, 1.165) is 38.0 Å². The Balaban J connectivity index is 1.44. The Kier molecular flexibility index (Phi) is 5.67. The second kappa shape index (κ2) is 8.38. The number of alkyl halides is 1. The number of pyridine rings is 1. The second-order valence-corrected chi connectivity index (χ2v) is 9.97. The second-order valence-electron chi connectivity index (χ2n) is 9.06. The maximum absolute atomic E-state index is 12.4. The first-order valence-electron chi connectivity index (χ1n) is 11.1. The van der Waals surface area contributed by atoms with Crippen molar-refractivity contribution < 1.29 is 4.79 Å². The highest BCUT2D eigenvalue weighted by atomic mass is 35.5. The van der Waals surface area contributed by atoms with Gasteiger partial charge in [0.2, 0.25) is 5.95 Å². The zero-order valence-electron chi connectivity index (χ0n) is 18.3. The highest BCUT2D eigenvalue weighted by molar-refractivity contribution is 6.38. The molecule has 1 saturated heterocycles. The minimum Gasteiger partial charge on any atom is -0.364 e. The molecule has 3 heterocycles. The summed E-state index contributed by atoms with van der Waals surface area (Å²) in [4.78, 5) is 28.6. The molecule has 2 aromatic heterocycles. The fraction of sp³-hybridized carbons (Fsp3) is 0.417. The summed E-state index contributed by atoms with van der Waals surface area (Å²) < 4.78 is 0. The van der Waals surface area contributed by atoms with Gasteiger partial charge in [0.1, 0.15) is 5.69 Å². The summed E-state index contributed by atoms with van der Waals surface area (Å²) in [6, 6.07) is 4.14. The molecule has 2 unspecified atom stereocenters. The lowest BCUT2D eigenvalue weighted by molar-refractivity contribution is 0.0994. The SMILES string of the molecule is Cc1nc(N2CCC3(CC2)c2ncccc2C[C@H]3N)nc(C(N)=O)c1C1C=CC=C(Cl)C1Cl. The van der Waals surface area contributed by atoms with Crippen LogP contribution in [-0.2, 0) is 11.8 Å². The summed E-state index contributed by atoms with van der Waals surface area (Å²) in [6.07, 6.45) is 9.87. The first-order valence-corrected chi connectivity index (χ1v) is 11.9. The Morgan fingerprint density at radius 3 is 2.76 bits per heavy atom. The topological polar surface area (TPSA) is 111 Å². The number of carbonyl (C=O) groups is 1. The van der Waals surface area contributed by atoms with Crippen molar-refractivity contribution in [2.75, 3.05) is 18.0 Å². The van der Waals surface area contributed by atoms with Crippen molar-refractivity contribution in [2.45, 2.75) is 48.9 Å². The van der Waals surface area contributed by atoms with Gasteiger partial charge in [-0.15, -0.1) is 11.6 Å². The third kappa shape index (κ3) is 3.63. The van der Waals surface area contributed by atoms with Crippen LogP contribution in [0.2, 0.25) is 0 Å². The van der Waals surface area contributed by atoms with Crippen molar-refractivity contribution in [3.05, 3.63) is 69.8 Å². The highest BCUT2D eigenvalue weighted by Gasteiger charge is 2.48. The number of amides is 1. The summed E-state index contributed by atoms with van der Waals surface area (Å²) in [7, 11) is 0. The van der Waals surface area contributed by atoms with Gasteiger partial charge >= 0.3 is 0 Å². The predicted molar refractivity (Wildman–Crippen MR) is 130 cm³/mol. The van der Waals surface area contributed by atoms with E-state index in [9.17, 15) is 4.79 Å². The van der Waals surface area contributed by atoms with E-state index in [1.54, 1.807) is 6.08 Å². The number of hydrogen-bond donors (Lipinski definition) is 2. The van der Waals surface area contributed by atoms with Gasteiger partial charge in [0.25, 0.3) is 5.91 Å². The minimum absolute atomic E-state index is 0.0484. The van der Waals surface area contributed by atoms with Gasteiger partial charge in [-0.1, -0.05) is 29.8 Å². The van der Waals surface area contributed by atoms with E-state index in [0.29, 0.717) is 22.2 Å². The molecule has 3 aliphatic rings. The Hall–Kier alpha value is -2.48. The quantitative estimate of drug-likeness (QED) is 0.647. The number of halogens is 2. The summed E-state index contributed by atoms with van der Waals surface area (Å²) >= 11 is 12.8. The lowest BCUT2D eigenvalue weighted by atomic mass is 9.73. The highest BCUT2D eigenvalue weighted by Crippen LogP contribution is 2.45. The van der Waals surface area contributed by atoms with E-state index in [-0.39, 0.29) is 23.1 Å². The molecule has 0 aromatic carbocycles. The van der Waals surface area contributed by atoms with Gasteiger partial charge in [0.05, 0.1) is 11.1 Å². The van der Waals surface area contributed by atoms with Crippen molar-refractivity contribution in [3.63, 3.8) is 0 Å². The van der Waals surface area contributed by atoms with Crippen LogP contribution in [0.4, 0.5) is 5.95 Å². The maximum Gasteiger partial charge on any atom is 0.267 e. The van der Waals surface area contributed by atoms with Crippen LogP contribution < -0.4 is 16.4 Å². The van der Waals surface area contributed by atoms with Crippen molar-refractivity contribution >= 4 is 35.1 Å². The number of aromatic nitrogens is 3. The van der Waals surface area contributed by atoms with E-state index in [4.69, 9.17) is 39.7 Å². The molecule has 33 heavy (non-hydrogen) atoms. The van der Waals surface area contributed by atoms with Crippen molar-refractivity contribution in [3.8, 4) is 0 Å². The van der Waals surface area contributed by atoms with Crippen LogP contribution in [0.25, 0.3) is 0 Å². The van der Waals surface area contributed by atoms with E-state index in [1.807, 2.05) is 31.3 Å². The van der Waals surface area contributed by atoms with Crippen LogP contribution in [0, 0.1) is 6.92 Å². The number of nitrogens with two attached hydrogens (primary N) is 2. The third-order valence-electron chi connectivity index (χ3n) is 7.29. The van der Waals surface area contributed by atoms with Gasteiger partial charge in [-0.2, -0.15) is 0 Å². The van der Waals surface area contributed by atoms with E-state index >= 15 is 0 Å². The van der Waals surface area contributed by atoms with Crippen molar-refractivity contribution in [1.82, 2.24) is 15.0 Å². The summed E-state index contributed by atoms with van der Waals surface area (Å²) in [5, 5.41) is 0.000342. The molecule has 1 amide bonds. The molecular weight excluding hydrogens is 459 g/mol. The van der Waals surface area contributed by atoms with Gasteiger partial charge in [0, 0.05) is 53.0 Å².